The number of esters is 1. The lowest BCUT2D eigenvalue weighted by Gasteiger charge is -2.23. The molecule has 1 amide bonds. The van der Waals surface area contributed by atoms with Crippen LogP contribution in [0.15, 0.2) is 36.4 Å². The molecular weight excluding hydrogens is 294 g/mol. The molecule has 0 saturated carbocycles. The van der Waals surface area contributed by atoms with Crippen LogP contribution in [0.4, 0.5) is 0 Å². The third-order valence-corrected chi connectivity index (χ3v) is 3.27. The highest BCUT2D eigenvalue weighted by molar-refractivity contribution is 6.01. The van der Waals surface area contributed by atoms with Crippen LogP contribution in [0.25, 0.3) is 10.8 Å². The van der Waals surface area contributed by atoms with E-state index < -0.39 is 17.6 Å². The predicted molar refractivity (Wildman–Crippen MR) is 88.4 cm³/mol. The lowest BCUT2D eigenvalue weighted by molar-refractivity contribution is -0.130. The minimum Gasteiger partial charge on any atom is -0.506 e. The van der Waals surface area contributed by atoms with Crippen LogP contribution in [0.1, 0.15) is 38.1 Å². The zero-order chi connectivity index (χ0) is 17.2. The summed E-state index contributed by atoms with van der Waals surface area (Å²) in [5.74, 6) is -1.26. The average molecular weight is 315 g/mol. The zero-order valence-corrected chi connectivity index (χ0v) is 13.7. The van der Waals surface area contributed by atoms with Crippen molar-refractivity contribution < 1.29 is 19.4 Å². The van der Waals surface area contributed by atoms with Crippen molar-refractivity contribution in [1.29, 1.82) is 0 Å². The van der Waals surface area contributed by atoms with E-state index in [2.05, 4.69) is 5.32 Å². The van der Waals surface area contributed by atoms with Gasteiger partial charge in [-0.1, -0.05) is 30.3 Å². The fourth-order valence-electron chi connectivity index (χ4n) is 2.17. The number of carbonyl (C=O) groups excluding carboxylic acids is 2. The van der Waals surface area contributed by atoms with Crippen molar-refractivity contribution in [3.63, 3.8) is 0 Å². The molecule has 0 aliphatic heterocycles. The Kier molecular flexibility index (Phi) is 4.59. The first-order valence-corrected chi connectivity index (χ1v) is 7.43. The highest BCUT2D eigenvalue weighted by Gasteiger charge is 2.24. The normalized spacial score (nSPS) is 12.7. The minimum absolute atomic E-state index is 0.0408. The van der Waals surface area contributed by atoms with Gasteiger partial charge in [-0.3, -0.25) is 4.79 Å². The highest BCUT2D eigenvalue weighted by atomic mass is 16.5. The van der Waals surface area contributed by atoms with Crippen molar-refractivity contribution in [2.45, 2.75) is 39.3 Å². The molecular formula is C18H21NO4. The van der Waals surface area contributed by atoms with E-state index in [1.165, 1.54) is 13.0 Å². The van der Waals surface area contributed by atoms with Crippen molar-refractivity contribution in [3.05, 3.63) is 42.0 Å². The van der Waals surface area contributed by atoms with Gasteiger partial charge in [0.25, 0.3) is 5.91 Å². The largest absolute Gasteiger partial charge is 0.506 e. The number of ether oxygens (including phenoxy) is 1. The SMILES string of the molecule is CC(OC(=O)c1ccc2ccccc2c1O)C(=O)NC(C)(C)C. The number of fused-ring (bicyclic) bond motifs is 1. The molecule has 0 fully saturated rings. The maximum Gasteiger partial charge on any atom is 0.342 e. The van der Waals surface area contributed by atoms with Gasteiger partial charge in [0.15, 0.2) is 6.10 Å². The van der Waals surface area contributed by atoms with Crippen LogP contribution in [0.3, 0.4) is 0 Å². The second-order valence-electron chi connectivity index (χ2n) is 6.47. The predicted octanol–water partition coefficient (Wildman–Crippen LogP) is 3.01. The van der Waals surface area contributed by atoms with Gasteiger partial charge in [0.2, 0.25) is 0 Å². The Morgan fingerprint density at radius 1 is 1.13 bits per heavy atom. The Balaban J connectivity index is 2.18. The van der Waals surface area contributed by atoms with Crippen LogP contribution < -0.4 is 5.32 Å². The number of nitrogens with one attached hydrogen (secondary N) is 1. The van der Waals surface area contributed by atoms with Crippen LogP contribution in [0.2, 0.25) is 0 Å². The summed E-state index contributed by atoms with van der Waals surface area (Å²) >= 11 is 0. The van der Waals surface area contributed by atoms with Crippen molar-refractivity contribution in [3.8, 4) is 5.75 Å². The Labute approximate surface area is 135 Å². The molecule has 2 aromatic carbocycles. The van der Waals surface area contributed by atoms with Gasteiger partial charge in [-0.2, -0.15) is 0 Å². The molecule has 0 spiro atoms. The van der Waals surface area contributed by atoms with Crippen LogP contribution in [0, 0.1) is 0 Å². The maximum absolute atomic E-state index is 12.2. The van der Waals surface area contributed by atoms with Crippen LogP contribution in [-0.4, -0.2) is 28.6 Å². The molecule has 0 bridgehead atoms. The fourth-order valence-corrected chi connectivity index (χ4v) is 2.17. The fraction of sp³-hybridized carbons (Fsp3) is 0.333. The summed E-state index contributed by atoms with van der Waals surface area (Å²) < 4.78 is 5.16. The summed E-state index contributed by atoms with van der Waals surface area (Å²) in [5, 5.41) is 14.4. The summed E-state index contributed by atoms with van der Waals surface area (Å²) in [4.78, 5) is 24.2. The van der Waals surface area contributed by atoms with Gasteiger partial charge >= 0.3 is 5.97 Å². The summed E-state index contributed by atoms with van der Waals surface area (Å²) in [6.07, 6.45) is -0.951. The van der Waals surface area contributed by atoms with Crippen molar-refractivity contribution in [2.75, 3.05) is 0 Å². The van der Waals surface area contributed by atoms with Crippen LogP contribution in [0.5, 0.6) is 5.75 Å². The molecule has 0 aromatic heterocycles. The van der Waals surface area contributed by atoms with Crippen molar-refractivity contribution >= 4 is 22.6 Å². The monoisotopic (exact) mass is 315 g/mol. The van der Waals surface area contributed by atoms with Gasteiger partial charge in [0.05, 0.1) is 0 Å². The standard InChI is InChI=1S/C18H21NO4/c1-11(16(21)19-18(2,3)4)23-17(22)14-10-9-12-7-5-6-8-13(12)15(14)20/h5-11,20H,1-4H3,(H,19,21). The first-order valence-electron chi connectivity index (χ1n) is 7.43. The number of hydrogen-bond acceptors (Lipinski definition) is 4. The van der Waals surface area contributed by atoms with E-state index in [9.17, 15) is 14.7 Å². The van der Waals surface area contributed by atoms with E-state index in [4.69, 9.17) is 4.74 Å². The van der Waals surface area contributed by atoms with Crippen molar-refractivity contribution in [1.82, 2.24) is 5.32 Å². The highest BCUT2D eigenvalue weighted by Crippen LogP contribution is 2.29. The summed E-state index contributed by atoms with van der Waals surface area (Å²) in [6, 6.07) is 10.4. The third-order valence-electron chi connectivity index (χ3n) is 3.27. The van der Waals surface area contributed by atoms with Crippen molar-refractivity contribution in [2.24, 2.45) is 0 Å². The van der Waals surface area contributed by atoms with Crippen LogP contribution in [-0.2, 0) is 9.53 Å². The quantitative estimate of drug-likeness (QED) is 0.854. The number of hydrogen-bond donors (Lipinski definition) is 2. The molecule has 1 atom stereocenters. The number of rotatable bonds is 3. The molecule has 2 N–H and O–H groups in total. The van der Waals surface area contributed by atoms with E-state index in [-0.39, 0.29) is 17.2 Å². The van der Waals surface area contributed by atoms with E-state index in [1.807, 2.05) is 32.9 Å². The third kappa shape index (κ3) is 4.00. The minimum atomic E-state index is -0.951. The van der Waals surface area contributed by atoms with Gasteiger partial charge in [0.1, 0.15) is 11.3 Å². The smallest absolute Gasteiger partial charge is 0.342 e. The number of benzene rings is 2. The summed E-state index contributed by atoms with van der Waals surface area (Å²) in [7, 11) is 0. The van der Waals surface area contributed by atoms with E-state index in [0.29, 0.717) is 5.39 Å². The molecule has 0 aliphatic carbocycles. The zero-order valence-electron chi connectivity index (χ0n) is 13.7. The first kappa shape index (κ1) is 16.8. The molecule has 0 aliphatic rings. The molecule has 122 valence electrons. The molecule has 2 aromatic rings. The Morgan fingerprint density at radius 3 is 2.43 bits per heavy atom. The molecule has 0 saturated heterocycles. The van der Waals surface area contributed by atoms with Crippen LogP contribution >= 0.6 is 0 Å². The number of aromatic hydroxyl groups is 1. The number of amides is 1. The Bertz CT molecular complexity index is 746. The maximum atomic E-state index is 12.2. The number of phenols is 1. The van der Waals surface area contributed by atoms with E-state index in [1.54, 1.807) is 18.2 Å². The lowest BCUT2D eigenvalue weighted by atomic mass is 10.1. The second-order valence-corrected chi connectivity index (χ2v) is 6.47. The molecule has 23 heavy (non-hydrogen) atoms. The molecule has 0 heterocycles. The summed E-state index contributed by atoms with van der Waals surface area (Å²) in [6.45, 7) is 7.02. The summed E-state index contributed by atoms with van der Waals surface area (Å²) in [5.41, 5.74) is -0.373. The van der Waals surface area contributed by atoms with Gasteiger partial charge in [-0.25, -0.2) is 4.79 Å². The first-order chi connectivity index (χ1) is 10.7. The Hall–Kier alpha value is -2.56. The lowest BCUT2D eigenvalue weighted by Crippen LogP contribution is -2.46. The van der Waals surface area contributed by atoms with E-state index in [0.717, 1.165) is 5.39 Å². The van der Waals surface area contributed by atoms with Gasteiger partial charge in [-0.05, 0) is 39.1 Å². The van der Waals surface area contributed by atoms with Gasteiger partial charge in [-0.15, -0.1) is 0 Å². The molecule has 5 nitrogen and oxygen atoms in total. The van der Waals surface area contributed by atoms with Gasteiger partial charge < -0.3 is 15.2 Å². The van der Waals surface area contributed by atoms with E-state index >= 15 is 0 Å². The number of phenolic OH excluding ortho intramolecular Hbond substituents is 1. The Morgan fingerprint density at radius 2 is 1.78 bits per heavy atom. The average Bonchev–Trinajstić information content (AvgIpc) is 2.46. The topological polar surface area (TPSA) is 75.6 Å². The second kappa shape index (κ2) is 6.28. The molecule has 5 heteroatoms. The number of carbonyl (C=O) groups is 2. The molecule has 2 rings (SSSR count). The molecule has 1 unspecified atom stereocenters. The van der Waals surface area contributed by atoms with Gasteiger partial charge in [0, 0.05) is 10.9 Å². The molecule has 0 radical (unpaired) electrons.